The van der Waals surface area contributed by atoms with Crippen molar-refractivity contribution < 1.29 is 29.0 Å². The van der Waals surface area contributed by atoms with Crippen molar-refractivity contribution in [3.8, 4) is 0 Å². The highest BCUT2D eigenvalue weighted by atomic mass is 16.5. The monoisotopic (exact) mass is 430 g/mol. The predicted octanol–water partition coefficient (Wildman–Crippen LogP) is 4.11. The molecule has 4 rings (SSSR count). The molecule has 1 unspecified atom stereocenters. The van der Waals surface area contributed by atoms with Gasteiger partial charge in [-0.1, -0.05) is 19.4 Å². The quantitative estimate of drug-likeness (QED) is 0.659. The molecule has 3 fully saturated rings. The molecule has 7 atom stereocenters. The van der Waals surface area contributed by atoms with Crippen LogP contribution in [0.1, 0.15) is 78.6 Å². The van der Waals surface area contributed by atoms with Gasteiger partial charge in [-0.25, -0.2) is 0 Å². The first kappa shape index (κ1) is 22.2. The number of ketones is 2. The van der Waals surface area contributed by atoms with E-state index in [-0.39, 0.29) is 53.2 Å². The fourth-order valence-electron chi connectivity index (χ4n) is 7.87. The summed E-state index contributed by atoms with van der Waals surface area (Å²) in [6.45, 7) is 6.09. The van der Waals surface area contributed by atoms with Crippen molar-refractivity contribution in [2.75, 3.05) is 0 Å². The van der Waals surface area contributed by atoms with E-state index in [1.165, 1.54) is 5.57 Å². The molecule has 0 spiro atoms. The van der Waals surface area contributed by atoms with Gasteiger partial charge in [0.25, 0.3) is 0 Å². The Hall–Kier alpha value is -1.98. The summed E-state index contributed by atoms with van der Waals surface area (Å²) < 4.78 is 6.03. The van der Waals surface area contributed by atoms with Crippen LogP contribution in [-0.2, 0) is 23.9 Å². The molecule has 0 aromatic rings. The van der Waals surface area contributed by atoms with Gasteiger partial charge in [-0.3, -0.25) is 19.2 Å². The summed E-state index contributed by atoms with van der Waals surface area (Å²) >= 11 is 0. The van der Waals surface area contributed by atoms with E-state index < -0.39 is 11.9 Å². The van der Waals surface area contributed by atoms with Gasteiger partial charge in [-0.05, 0) is 74.2 Å². The van der Waals surface area contributed by atoms with E-state index >= 15 is 0 Å². The fraction of sp³-hybridized carbons (Fsp3) is 0.760. The molecule has 0 amide bonds. The normalized spacial score (nSPS) is 41.5. The SMILES string of the molecule is CC(=O)[C@H]1CC[C@H]2[C@@H]3CCC4=CC(=O)CC[C@]4(C)[C@H]3C(OC(=O)CCC(=O)O)C[C@]12C. The highest BCUT2D eigenvalue weighted by Crippen LogP contribution is 2.67. The molecular weight excluding hydrogens is 396 g/mol. The van der Waals surface area contributed by atoms with E-state index in [4.69, 9.17) is 9.84 Å². The summed E-state index contributed by atoms with van der Waals surface area (Å²) in [6, 6.07) is 0. The number of ether oxygens (including phenoxy) is 1. The summed E-state index contributed by atoms with van der Waals surface area (Å²) in [4.78, 5) is 48.1. The second-order valence-electron chi connectivity index (χ2n) is 10.8. The van der Waals surface area contributed by atoms with E-state index in [1.807, 2.05) is 6.08 Å². The molecule has 31 heavy (non-hydrogen) atoms. The van der Waals surface area contributed by atoms with Gasteiger partial charge >= 0.3 is 11.9 Å². The summed E-state index contributed by atoms with van der Waals surface area (Å²) in [6.07, 6.45) is 6.75. The Morgan fingerprint density at radius 3 is 2.55 bits per heavy atom. The number of Topliss-reactive ketones (excluding diaryl/α,β-unsaturated/α-hetero) is 1. The number of hydrogen-bond acceptors (Lipinski definition) is 5. The summed E-state index contributed by atoms with van der Waals surface area (Å²) in [7, 11) is 0. The third kappa shape index (κ3) is 3.66. The van der Waals surface area contributed by atoms with Gasteiger partial charge < -0.3 is 9.84 Å². The van der Waals surface area contributed by atoms with Gasteiger partial charge in [0.1, 0.15) is 11.9 Å². The van der Waals surface area contributed by atoms with E-state index in [0.29, 0.717) is 24.7 Å². The Morgan fingerprint density at radius 1 is 1.13 bits per heavy atom. The van der Waals surface area contributed by atoms with Crippen molar-refractivity contribution in [2.24, 2.45) is 34.5 Å². The summed E-state index contributed by atoms with van der Waals surface area (Å²) in [5, 5.41) is 8.95. The molecule has 6 heteroatoms. The zero-order chi connectivity index (χ0) is 22.6. The van der Waals surface area contributed by atoms with Crippen LogP contribution in [0.3, 0.4) is 0 Å². The Bertz CT molecular complexity index is 843. The number of carbonyl (C=O) groups excluding carboxylic acids is 3. The Morgan fingerprint density at radius 2 is 1.87 bits per heavy atom. The van der Waals surface area contributed by atoms with Crippen molar-refractivity contribution in [1.82, 2.24) is 0 Å². The first-order valence-electron chi connectivity index (χ1n) is 11.7. The number of allylic oxidation sites excluding steroid dienone is 1. The molecule has 0 heterocycles. The third-order valence-corrected chi connectivity index (χ3v) is 9.19. The topological polar surface area (TPSA) is 97.7 Å². The maximum atomic E-state index is 12.6. The van der Waals surface area contributed by atoms with Crippen LogP contribution in [0.2, 0.25) is 0 Å². The van der Waals surface area contributed by atoms with E-state index in [9.17, 15) is 19.2 Å². The standard InChI is InChI=1S/C25H34O6/c1-14(26)18-6-7-19-17-5-4-15-12-16(27)10-11-24(15,2)23(17)20(13-25(18,19)3)31-22(30)9-8-21(28)29/h12,17-20,23H,4-11,13H2,1-3H3,(H,28,29)/t17-,18+,19-,20?,23+,24-,25+/m0/s1. The van der Waals surface area contributed by atoms with Crippen molar-refractivity contribution in [3.63, 3.8) is 0 Å². The van der Waals surface area contributed by atoms with Crippen molar-refractivity contribution >= 4 is 23.5 Å². The minimum Gasteiger partial charge on any atom is -0.481 e. The minimum atomic E-state index is -1.02. The third-order valence-electron chi connectivity index (χ3n) is 9.19. The smallest absolute Gasteiger partial charge is 0.306 e. The zero-order valence-corrected chi connectivity index (χ0v) is 18.8. The van der Waals surface area contributed by atoms with Crippen LogP contribution < -0.4 is 0 Å². The number of hydrogen-bond donors (Lipinski definition) is 1. The lowest BCUT2D eigenvalue weighted by Gasteiger charge is -2.60. The molecule has 3 saturated carbocycles. The molecule has 4 aliphatic carbocycles. The summed E-state index contributed by atoms with van der Waals surface area (Å²) in [5.74, 6) is -0.248. The molecular formula is C25H34O6. The molecule has 0 aliphatic heterocycles. The fourth-order valence-corrected chi connectivity index (χ4v) is 7.87. The van der Waals surface area contributed by atoms with Gasteiger partial charge in [-0.2, -0.15) is 0 Å². The number of aliphatic carboxylic acids is 1. The summed E-state index contributed by atoms with van der Waals surface area (Å²) in [5.41, 5.74) is 0.790. The number of fused-ring (bicyclic) bond motifs is 5. The lowest BCUT2D eigenvalue weighted by molar-refractivity contribution is -0.178. The molecule has 1 N–H and O–H groups in total. The molecule has 6 nitrogen and oxygen atoms in total. The highest BCUT2D eigenvalue weighted by molar-refractivity contribution is 5.91. The lowest BCUT2D eigenvalue weighted by Crippen LogP contribution is -2.58. The van der Waals surface area contributed by atoms with Crippen LogP contribution in [0, 0.1) is 34.5 Å². The van der Waals surface area contributed by atoms with Crippen molar-refractivity contribution in [2.45, 2.75) is 84.7 Å². The predicted molar refractivity (Wildman–Crippen MR) is 113 cm³/mol. The highest BCUT2D eigenvalue weighted by Gasteiger charge is 2.63. The van der Waals surface area contributed by atoms with Crippen LogP contribution in [0.15, 0.2) is 11.6 Å². The van der Waals surface area contributed by atoms with E-state index in [1.54, 1.807) is 6.92 Å². The van der Waals surface area contributed by atoms with Gasteiger partial charge in [0.15, 0.2) is 5.78 Å². The number of rotatable bonds is 5. The van der Waals surface area contributed by atoms with Crippen molar-refractivity contribution in [3.05, 3.63) is 11.6 Å². The lowest BCUT2D eigenvalue weighted by atomic mass is 9.46. The second kappa shape index (κ2) is 7.86. The Balaban J connectivity index is 1.70. The first-order valence-corrected chi connectivity index (χ1v) is 11.7. The van der Waals surface area contributed by atoms with Crippen LogP contribution in [-0.4, -0.2) is 34.7 Å². The Kier molecular flexibility index (Phi) is 5.63. The number of carboxylic acids is 1. The first-order chi connectivity index (χ1) is 14.6. The van der Waals surface area contributed by atoms with Gasteiger partial charge in [0, 0.05) is 18.3 Å². The molecule has 0 bridgehead atoms. The minimum absolute atomic E-state index is 0.0173. The van der Waals surface area contributed by atoms with E-state index in [0.717, 1.165) is 32.1 Å². The number of esters is 1. The largest absolute Gasteiger partial charge is 0.481 e. The maximum Gasteiger partial charge on any atom is 0.306 e. The molecule has 0 radical (unpaired) electrons. The Labute approximate surface area is 183 Å². The average molecular weight is 431 g/mol. The molecule has 170 valence electrons. The van der Waals surface area contributed by atoms with Gasteiger partial charge in [-0.15, -0.1) is 0 Å². The molecule has 0 aromatic heterocycles. The molecule has 0 saturated heterocycles. The van der Waals surface area contributed by atoms with Gasteiger partial charge in [0.05, 0.1) is 12.8 Å². The van der Waals surface area contributed by atoms with Crippen LogP contribution in [0.5, 0.6) is 0 Å². The van der Waals surface area contributed by atoms with Crippen LogP contribution in [0.4, 0.5) is 0 Å². The van der Waals surface area contributed by atoms with Crippen molar-refractivity contribution in [1.29, 1.82) is 0 Å². The second-order valence-corrected chi connectivity index (χ2v) is 10.8. The van der Waals surface area contributed by atoms with Crippen LogP contribution >= 0.6 is 0 Å². The number of carboxylic acid groups (broad SMARTS) is 1. The van der Waals surface area contributed by atoms with Gasteiger partial charge in [0.2, 0.25) is 0 Å². The van der Waals surface area contributed by atoms with Crippen LogP contribution in [0.25, 0.3) is 0 Å². The average Bonchev–Trinajstić information content (AvgIpc) is 3.03. The molecule has 0 aromatic carbocycles. The zero-order valence-electron chi connectivity index (χ0n) is 18.8. The molecule has 4 aliphatic rings. The maximum absolute atomic E-state index is 12.6. The van der Waals surface area contributed by atoms with E-state index in [2.05, 4.69) is 13.8 Å². The number of carbonyl (C=O) groups is 4.